The van der Waals surface area contributed by atoms with Gasteiger partial charge in [0.25, 0.3) is 0 Å². The van der Waals surface area contributed by atoms with Gasteiger partial charge in [0.15, 0.2) is 0 Å². The van der Waals surface area contributed by atoms with Gasteiger partial charge in [-0.3, -0.25) is 4.90 Å². The van der Waals surface area contributed by atoms with Crippen molar-refractivity contribution < 1.29 is 9.15 Å². The maximum Gasteiger partial charge on any atom is 0.135 e. The molecule has 0 aliphatic carbocycles. The van der Waals surface area contributed by atoms with Crippen LogP contribution in [0.3, 0.4) is 0 Å². The number of ether oxygens (including phenoxy) is 1. The highest BCUT2D eigenvalue weighted by molar-refractivity contribution is 5.97. The molecule has 26 heavy (non-hydrogen) atoms. The molecule has 0 spiro atoms. The molecule has 0 fully saturated rings. The number of nitrogens with zero attached hydrogens (tertiary/aromatic N) is 1. The summed E-state index contributed by atoms with van der Waals surface area (Å²) in [6, 6.07) is 14.6. The van der Waals surface area contributed by atoms with Crippen LogP contribution in [-0.2, 0) is 6.54 Å². The average molecular weight is 349 g/mol. The minimum Gasteiger partial charge on any atom is -0.496 e. The Labute approximate surface area is 155 Å². The van der Waals surface area contributed by atoms with Gasteiger partial charge in [-0.2, -0.15) is 0 Å². The second-order valence-corrected chi connectivity index (χ2v) is 6.82. The van der Waals surface area contributed by atoms with E-state index in [4.69, 9.17) is 9.15 Å². The lowest BCUT2D eigenvalue weighted by atomic mass is 10.0. The Bertz CT molecular complexity index is 909. The number of rotatable bonds is 7. The van der Waals surface area contributed by atoms with Gasteiger partial charge in [0.05, 0.1) is 7.11 Å². The molecular formula is C23H27NO2. The molecular weight excluding hydrogens is 322 g/mol. The van der Waals surface area contributed by atoms with Gasteiger partial charge in [0, 0.05) is 29.6 Å². The van der Waals surface area contributed by atoms with Crippen LogP contribution in [0.15, 0.2) is 59.0 Å². The first kappa shape index (κ1) is 18.3. The lowest BCUT2D eigenvalue weighted by Gasteiger charge is -2.21. The maximum atomic E-state index is 6.10. The first-order valence-electron chi connectivity index (χ1n) is 9.05. The smallest absolute Gasteiger partial charge is 0.135 e. The predicted molar refractivity (Wildman–Crippen MR) is 109 cm³/mol. The van der Waals surface area contributed by atoms with E-state index in [9.17, 15) is 0 Å². The molecule has 136 valence electrons. The van der Waals surface area contributed by atoms with Gasteiger partial charge in [-0.05, 0) is 38.1 Å². The van der Waals surface area contributed by atoms with Gasteiger partial charge in [-0.25, -0.2) is 0 Å². The second-order valence-electron chi connectivity index (χ2n) is 6.82. The third-order valence-electron chi connectivity index (χ3n) is 4.66. The predicted octanol–water partition coefficient (Wildman–Crippen LogP) is 5.81. The van der Waals surface area contributed by atoms with E-state index in [1.54, 1.807) is 7.11 Å². The van der Waals surface area contributed by atoms with Crippen LogP contribution in [0.25, 0.3) is 22.1 Å². The Morgan fingerprint density at radius 3 is 2.54 bits per heavy atom. The highest BCUT2D eigenvalue weighted by Crippen LogP contribution is 2.38. The fraction of sp³-hybridized carbons (Fsp3) is 0.304. The summed E-state index contributed by atoms with van der Waals surface area (Å²) in [5.41, 5.74) is 5.50. The minimum absolute atomic E-state index is 0.808. The minimum atomic E-state index is 0.808. The molecule has 3 rings (SSSR count). The van der Waals surface area contributed by atoms with E-state index in [1.165, 1.54) is 0 Å². The lowest BCUT2D eigenvalue weighted by Crippen LogP contribution is -2.24. The molecule has 1 aromatic heterocycles. The summed E-state index contributed by atoms with van der Waals surface area (Å²) in [5.74, 6) is 1.83. The number of aryl methyl sites for hydroxylation is 1. The first-order chi connectivity index (χ1) is 12.5. The zero-order valence-electron chi connectivity index (χ0n) is 16.1. The van der Waals surface area contributed by atoms with Crippen molar-refractivity contribution in [3.05, 3.63) is 65.9 Å². The first-order valence-corrected chi connectivity index (χ1v) is 9.05. The van der Waals surface area contributed by atoms with Crippen molar-refractivity contribution in [2.24, 2.45) is 0 Å². The Kier molecular flexibility index (Phi) is 5.48. The molecule has 0 amide bonds. The van der Waals surface area contributed by atoms with Gasteiger partial charge in [0.1, 0.15) is 17.1 Å². The molecule has 0 atom stereocenters. The van der Waals surface area contributed by atoms with E-state index in [0.717, 1.165) is 64.4 Å². The molecule has 3 heteroatoms. The summed E-state index contributed by atoms with van der Waals surface area (Å²) in [5, 5.41) is 1.09. The topological polar surface area (TPSA) is 25.6 Å². The van der Waals surface area contributed by atoms with E-state index in [2.05, 4.69) is 61.7 Å². The van der Waals surface area contributed by atoms with Crippen molar-refractivity contribution >= 4 is 11.0 Å². The largest absolute Gasteiger partial charge is 0.496 e. The highest BCUT2D eigenvalue weighted by Gasteiger charge is 2.17. The van der Waals surface area contributed by atoms with Gasteiger partial charge in [-0.1, -0.05) is 49.4 Å². The number of benzene rings is 2. The van der Waals surface area contributed by atoms with Gasteiger partial charge in [0.2, 0.25) is 0 Å². The van der Waals surface area contributed by atoms with Crippen LogP contribution < -0.4 is 4.74 Å². The van der Waals surface area contributed by atoms with Crippen molar-refractivity contribution in [3.8, 4) is 16.9 Å². The van der Waals surface area contributed by atoms with Crippen molar-refractivity contribution in [1.82, 2.24) is 4.90 Å². The van der Waals surface area contributed by atoms with Crippen LogP contribution in [-0.4, -0.2) is 25.1 Å². The van der Waals surface area contributed by atoms with Crippen LogP contribution in [0.5, 0.6) is 5.75 Å². The molecule has 0 N–H and O–H groups in total. The number of hydrogen-bond acceptors (Lipinski definition) is 3. The van der Waals surface area contributed by atoms with Crippen LogP contribution in [0.2, 0.25) is 0 Å². The molecule has 2 aromatic carbocycles. The van der Waals surface area contributed by atoms with E-state index in [-0.39, 0.29) is 0 Å². The van der Waals surface area contributed by atoms with Crippen LogP contribution in [0.1, 0.15) is 25.2 Å². The van der Waals surface area contributed by atoms with Crippen molar-refractivity contribution in [3.63, 3.8) is 0 Å². The molecule has 3 aromatic rings. The number of hydrogen-bond donors (Lipinski definition) is 0. The van der Waals surface area contributed by atoms with Crippen molar-refractivity contribution in [2.45, 2.75) is 27.3 Å². The summed E-state index contributed by atoms with van der Waals surface area (Å²) in [7, 11) is 1.73. The number of methoxy groups -OCH3 is 1. The zero-order chi connectivity index (χ0) is 18.7. The molecule has 0 bridgehead atoms. The Morgan fingerprint density at radius 1 is 1.19 bits per heavy atom. The monoisotopic (exact) mass is 349 g/mol. The van der Waals surface area contributed by atoms with Gasteiger partial charge < -0.3 is 9.15 Å². The Hall–Kier alpha value is -2.52. The molecule has 3 nitrogen and oxygen atoms in total. The number of fused-ring (bicyclic) bond motifs is 1. The number of furan rings is 1. The Balaban J connectivity index is 2.06. The van der Waals surface area contributed by atoms with E-state index < -0.39 is 0 Å². The zero-order valence-corrected chi connectivity index (χ0v) is 16.1. The quantitative estimate of drug-likeness (QED) is 0.503. The molecule has 0 aliphatic rings. The van der Waals surface area contributed by atoms with Crippen molar-refractivity contribution in [1.29, 1.82) is 0 Å². The second kappa shape index (κ2) is 7.79. The molecule has 0 saturated heterocycles. The number of likely N-dealkylation sites (N-methyl/N-ethyl adjacent to an activating group) is 1. The summed E-state index contributed by atoms with van der Waals surface area (Å²) in [4.78, 5) is 2.35. The average Bonchev–Trinajstić information content (AvgIpc) is 2.95. The maximum absolute atomic E-state index is 6.10. The molecule has 0 saturated carbocycles. The fourth-order valence-corrected chi connectivity index (χ4v) is 3.47. The fourth-order valence-electron chi connectivity index (χ4n) is 3.47. The van der Waals surface area contributed by atoms with E-state index in [0.29, 0.717) is 0 Å². The van der Waals surface area contributed by atoms with Crippen LogP contribution in [0.4, 0.5) is 0 Å². The normalized spacial score (nSPS) is 11.3. The third-order valence-corrected chi connectivity index (χ3v) is 4.66. The molecule has 0 radical (unpaired) electrons. The lowest BCUT2D eigenvalue weighted by molar-refractivity contribution is 0.297. The van der Waals surface area contributed by atoms with E-state index >= 15 is 0 Å². The van der Waals surface area contributed by atoms with Crippen molar-refractivity contribution in [2.75, 3.05) is 20.2 Å². The standard InChI is InChI=1S/C23H27NO2/c1-6-24(14-16(2)3)15-19-12-22-20(13-21(19)25-5)23(17(4)26-22)18-10-8-7-9-11-18/h7-13H,2,6,14-15H2,1,3-5H3. The summed E-state index contributed by atoms with van der Waals surface area (Å²) >= 11 is 0. The Morgan fingerprint density at radius 2 is 1.92 bits per heavy atom. The molecule has 0 unspecified atom stereocenters. The summed E-state index contributed by atoms with van der Waals surface area (Å²) in [6.07, 6.45) is 0. The van der Waals surface area contributed by atoms with Crippen LogP contribution >= 0.6 is 0 Å². The highest BCUT2D eigenvalue weighted by atomic mass is 16.5. The van der Waals surface area contributed by atoms with Gasteiger partial charge in [-0.15, -0.1) is 0 Å². The van der Waals surface area contributed by atoms with E-state index in [1.807, 2.05) is 13.0 Å². The van der Waals surface area contributed by atoms with Gasteiger partial charge >= 0.3 is 0 Å². The summed E-state index contributed by atoms with van der Waals surface area (Å²) < 4.78 is 11.8. The summed E-state index contributed by atoms with van der Waals surface area (Å²) in [6.45, 7) is 12.9. The van der Waals surface area contributed by atoms with Crippen LogP contribution in [0, 0.1) is 6.92 Å². The SMILES string of the molecule is C=C(C)CN(CC)Cc1cc2oc(C)c(-c3ccccc3)c2cc1OC. The third kappa shape index (κ3) is 3.68. The molecule has 1 heterocycles. The molecule has 0 aliphatic heterocycles.